The Balaban J connectivity index is 1.28. The number of amides is 5. The molecule has 5 amide bonds. The van der Waals surface area contributed by atoms with Crippen LogP contribution in [-0.4, -0.2) is 55.0 Å². The molecule has 2 aliphatic rings. The number of urea groups is 2. The van der Waals surface area contributed by atoms with Gasteiger partial charge in [-0.1, -0.05) is 6.07 Å². The van der Waals surface area contributed by atoms with E-state index < -0.39 is 6.03 Å². The standard InChI is InChI=1S/C25H24N6O3/c1-29(2)18-6-8-19(9-7-18)30-12-13-31(25(30)34)24(33)27-17-5-10-20-21(14-16-4-3-11-26-16)23(32)28-22(20)15-17/h3-11,14-15,26H,12-13H2,1-2H3,(H,27,33)(H,28,32). The minimum absolute atomic E-state index is 0.210. The second-order valence-electron chi connectivity index (χ2n) is 8.32. The normalized spacial score (nSPS) is 16.1. The quantitative estimate of drug-likeness (QED) is 0.516. The minimum Gasteiger partial charge on any atom is -0.378 e. The van der Waals surface area contributed by atoms with Gasteiger partial charge in [0.1, 0.15) is 0 Å². The molecule has 2 aliphatic heterocycles. The van der Waals surface area contributed by atoms with Crippen molar-refractivity contribution < 1.29 is 14.4 Å². The molecule has 34 heavy (non-hydrogen) atoms. The fraction of sp³-hybridized carbons (Fsp3) is 0.160. The van der Waals surface area contributed by atoms with Crippen LogP contribution in [0.5, 0.6) is 0 Å². The summed E-state index contributed by atoms with van der Waals surface area (Å²) in [7, 11) is 3.90. The summed E-state index contributed by atoms with van der Waals surface area (Å²) in [5.41, 5.74) is 4.99. The fourth-order valence-electron chi connectivity index (χ4n) is 4.09. The van der Waals surface area contributed by atoms with E-state index in [0.717, 1.165) is 22.6 Å². The lowest BCUT2D eigenvalue weighted by Gasteiger charge is -2.19. The van der Waals surface area contributed by atoms with Crippen molar-refractivity contribution in [3.05, 3.63) is 72.1 Å². The van der Waals surface area contributed by atoms with Crippen molar-refractivity contribution in [3.63, 3.8) is 0 Å². The third-order valence-corrected chi connectivity index (χ3v) is 5.91. The summed E-state index contributed by atoms with van der Waals surface area (Å²) in [6, 6.07) is 15.7. The maximum absolute atomic E-state index is 12.9. The topological polar surface area (TPSA) is 101 Å². The van der Waals surface area contributed by atoms with E-state index in [1.807, 2.05) is 55.4 Å². The van der Waals surface area contributed by atoms with Crippen molar-refractivity contribution in [3.8, 4) is 0 Å². The van der Waals surface area contributed by atoms with Crippen molar-refractivity contribution in [1.29, 1.82) is 0 Å². The van der Waals surface area contributed by atoms with E-state index in [1.54, 1.807) is 35.4 Å². The summed E-state index contributed by atoms with van der Waals surface area (Å²) in [5.74, 6) is -0.210. The first kappa shape index (κ1) is 21.3. The van der Waals surface area contributed by atoms with Gasteiger partial charge in [-0.15, -0.1) is 0 Å². The maximum atomic E-state index is 12.9. The van der Waals surface area contributed by atoms with E-state index in [-0.39, 0.29) is 18.5 Å². The molecule has 3 heterocycles. The van der Waals surface area contributed by atoms with Gasteiger partial charge >= 0.3 is 12.1 Å². The van der Waals surface area contributed by atoms with Crippen LogP contribution in [0.1, 0.15) is 11.3 Å². The Morgan fingerprint density at radius 3 is 2.56 bits per heavy atom. The first-order chi connectivity index (χ1) is 16.4. The van der Waals surface area contributed by atoms with Gasteiger partial charge < -0.3 is 20.5 Å². The van der Waals surface area contributed by atoms with Gasteiger partial charge in [-0.3, -0.25) is 9.69 Å². The minimum atomic E-state index is -0.510. The molecule has 0 atom stereocenters. The molecule has 0 unspecified atom stereocenters. The van der Waals surface area contributed by atoms with E-state index in [9.17, 15) is 14.4 Å². The Kier molecular flexibility index (Phi) is 5.29. The van der Waals surface area contributed by atoms with Gasteiger partial charge in [-0.05, 0) is 54.6 Å². The largest absolute Gasteiger partial charge is 0.378 e. The predicted molar refractivity (Wildman–Crippen MR) is 133 cm³/mol. The zero-order chi connectivity index (χ0) is 23.8. The molecule has 5 rings (SSSR count). The van der Waals surface area contributed by atoms with Gasteiger partial charge in [0.05, 0.1) is 17.8 Å². The Bertz CT molecular complexity index is 1290. The summed E-state index contributed by atoms with van der Waals surface area (Å²) in [6.45, 7) is 0.700. The number of imide groups is 1. The van der Waals surface area contributed by atoms with Gasteiger partial charge in [-0.2, -0.15) is 0 Å². The summed E-state index contributed by atoms with van der Waals surface area (Å²) in [4.78, 5) is 46.0. The summed E-state index contributed by atoms with van der Waals surface area (Å²) >= 11 is 0. The number of anilines is 4. The second kappa shape index (κ2) is 8.43. The average molecular weight is 457 g/mol. The number of hydrogen-bond acceptors (Lipinski definition) is 4. The van der Waals surface area contributed by atoms with E-state index in [1.165, 1.54) is 4.90 Å². The number of benzene rings is 2. The van der Waals surface area contributed by atoms with Gasteiger partial charge in [-0.25, -0.2) is 14.5 Å². The number of fused-ring (bicyclic) bond motifs is 1. The zero-order valence-electron chi connectivity index (χ0n) is 18.8. The highest BCUT2D eigenvalue weighted by Gasteiger charge is 2.34. The van der Waals surface area contributed by atoms with Crippen LogP contribution >= 0.6 is 0 Å². The molecular weight excluding hydrogens is 432 g/mol. The van der Waals surface area contributed by atoms with Crippen molar-refractivity contribution in [2.24, 2.45) is 0 Å². The lowest BCUT2D eigenvalue weighted by Crippen LogP contribution is -2.39. The highest BCUT2D eigenvalue weighted by atomic mass is 16.2. The number of aromatic nitrogens is 1. The number of carbonyl (C=O) groups excluding carboxylic acids is 3. The van der Waals surface area contributed by atoms with E-state index in [2.05, 4.69) is 15.6 Å². The van der Waals surface area contributed by atoms with E-state index >= 15 is 0 Å². The van der Waals surface area contributed by atoms with Crippen LogP contribution < -0.4 is 20.4 Å². The first-order valence-electron chi connectivity index (χ1n) is 10.9. The molecule has 0 saturated carbocycles. The van der Waals surface area contributed by atoms with Crippen LogP contribution in [0.2, 0.25) is 0 Å². The Morgan fingerprint density at radius 2 is 1.85 bits per heavy atom. The molecule has 0 radical (unpaired) electrons. The zero-order valence-corrected chi connectivity index (χ0v) is 18.8. The number of carbonyl (C=O) groups is 3. The number of rotatable bonds is 4. The molecule has 0 bridgehead atoms. The molecule has 172 valence electrons. The third kappa shape index (κ3) is 3.88. The fourth-order valence-corrected chi connectivity index (χ4v) is 4.09. The Morgan fingerprint density at radius 1 is 1.06 bits per heavy atom. The average Bonchev–Trinajstić information content (AvgIpc) is 3.54. The Labute approximate surface area is 196 Å². The number of hydrogen-bond donors (Lipinski definition) is 3. The van der Waals surface area contributed by atoms with Crippen molar-refractivity contribution in [2.75, 3.05) is 47.6 Å². The molecule has 1 fully saturated rings. The van der Waals surface area contributed by atoms with Gasteiger partial charge in [0.25, 0.3) is 5.91 Å². The van der Waals surface area contributed by atoms with Gasteiger partial charge in [0.2, 0.25) is 0 Å². The number of nitrogens with one attached hydrogen (secondary N) is 3. The molecule has 0 aliphatic carbocycles. The highest BCUT2D eigenvalue weighted by molar-refractivity contribution is 6.35. The molecule has 2 aromatic carbocycles. The van der Waals surface area contributed by atoms with Crippen molar-refractivity contribution in [1.82, 2.24) is 9.88 Å². The highest BCUT2D eigenvalue weighted by Crippen LogP contribution is 2.35. The molecule has 3 aromatic rings. The summed E-state index contributed by atoms with van der Waals surface area (Å²) in [6.07, 6.45) is 3.57. The first-order valence-corrected chi connectivity index (χ1v) is 10.9. The van der Waals surface area contributed by atoms with Gasteiger partial charge in [0, 0.05) is 55.2 Å². The molecule has 9 nitrogen and oxygen atoms in total. The summed E-state index contributed by atoms with van der Waals surface area (Å²) < 4.78 is 0. The Hall–Kier alpha value is -4.53. The van der Waals surface area contributed by atoms with E-state index in [4.69, 9.17) is 0 Å². The van der Waals surface area contributed by atoms with Crippen molar-refractivity contribution >= 4 is 52.4 Å². The third-order valence-electron chi connectivity index (χ3n) is 5.91. The molecule has 9 heteroatoms. The predicted octanol–water partition coefficient (Wildman–Crippen LogP) is 4.05. The van der Waals surface area contributed by atoms with Crippen LogP contribution in [-0.2, 0) is 4.79 Å². The van der Waals surface area contributed by atoms with Crippen LogP contribution in [0.4, 0.5) is 32.3 Å². The molecule has 1 aromatic heterocycles. The van der Waals surface area contributed by atoms with E-state index in [0.29, 0.717) is 23.5 Å². The number of H-pyrrole nitrogens is 1. The van der Waals surface area contributed by atoms with Gasteiger partial charge in [0.15, 0.2) is 0 Å². The lowest BCUT2D eigenvalue weighted by atomic mass is 10.1. The van der Waals surface area contributed by atoms with Crippen molar-refractivity contribution in [2.45, 2.75) is 0 Å². The smallest absolute Gasteiger partial charge is 0.332 e. The molecular formula is C25H24N6O3. The SMILES string of the molecule is CN(C)c1ccc(N2CCN(C(=O)Nc3ccc4c(c3)NC(=O)C4=Cc3ccc[nH]3)C2=O)cc1. The maximum Gasteiger partial charge on any atom is 0.332 e. The molecule has 1 saturated heterocycles. The van der Waals surface area contributed by atoms with Crippen LogP contribution in [0.3, 0.4) is 0 Å². The van der Waals surface area contributed by atoms with Crippen LogP contribution in [0.25, 0.3) is 11.6 Å². The summed E-state index contributed by atoms with van der Waals surface area (Å²) in [5, 5.41) is 5.60. The van der Waals surface area contributed by atoms with Crippen LogP contribution in [0, 0.1) is 0 Å². The lowest BCUT2D eigenvalue weighted by molar-refractivity contribution is -0.110. The second-order valence-corrected chi connectivity index (χ2v) is 8.32. The number of aromatic amines is 1. The molecule has 0 spiro atoms. The number of nitrogens with zero attached hydrogens (tertiary/aromatic N) is 3. The monoisotopic (exact) mass is 456 g/mol. The van der Waals surface area contributed by atoms with Crippen LogP contribution in [0.15, 0.2) is 60.8 Å². The molecule has 3 N–H and O–H groups in total.